The summed E-state index contributed by atoms with van der Waals surface area (Å²) in [7, 11) is 0. The Hall–Kier alpha value is -3.30. The molecule has 0 aromatic carbocycles. The molecule has 0 bridgehead atoms. The number of aromatic nitrogens is 5. The molecule has 1 fully saturated rings. The third kappa shape index (κ3) is 3.64. The zero-order valence-corrected chi connectivity index (χ0v) is 15.0. The highest BCUT2D eigenvalue weighted by atomic mass is 16.5. The fourth-order valence-electron chi connectivity index (χ4n) is 3.12. The number of rotatable bonds is 4. The zero-order chi connectivity index (χ0) is 18.8. The molecule has 1 amide bonds. The highest BCUT2D eigenvalue weighted by Gasteiger charge is 2.28. The molecule has 10 heteroatoms. The van der Waals surface area contributed by atoms with Crippen LogP contribution in [0.2, 0.25) is 0 Å². The van der Waals surface area contributed by atoms with Crippen LogP contribution >= 0.6 is 0 Å². The van der Waals surface area contributed by atoms with Crippen LogP contribution in [0.5, 0.6) is 0 Å². The molecule has 1 aliphatic rings. The summed E-state index contributed by atoms with van der Waals surface area (Å²) < 4.78 is 10.0. The minimum Gasteiger partial charge on any atom is -0.363 e. The maximum absolute atomic E-state index is 12.4. The van der Waals surface area contributed by atoms with Crippen LogP contribution in [0.4, 0.5) is 11.6 Å². The Kier molecular flexibility index (Phi) is 4.53. The number of nitrogens with one attached hydrogen (secondary N) is 1. The van der Waals surface area contributed by atoms with Gasteiger partial charge in [-0.15, -0.1) is 0 Å². The Morgan fingerprint density at radius 2 is 2.00 bits per heavy atom. The molecular formula is C17H19N7O3. The maximum Gasteiger partial charge on any atom is 0.263 e. The summed E-state index contributed by atoms with van der Waals surface area (Å²) in [4.78, 5) is 27.6. The third-order valence-corrected chi connectivity index (χ3v) is 4.50. The van der Waals surface area contributed by atoms with Crippen LogP contribution in [0.3, 0.4) is 0 Å². The SMILES string of the molecule is Cc1noc(-c2cnc(C)nc2N2CCC(C(=O)Nc3ccon3)CC2)n1. The molecular weight excluding hydrogens is 350 g/mol. The van der Waals surface area contributed by atoms with Crippen molar-refractivity contribution in [2.24, 2.45) is 5.92 Å². The zero-order valence-electron chi connectivity index (χ0n) is 15.0. The fourth-order valence-corrected chi connectivity index (χ4v) is 3.12. The van der Waals surface area contributed by atoms with E-state index in [4.69, 9.17) is 9.05 Å². The average Bonchev–Trinajstić information content (AvgIpc) is 3.33. The van der Waals surface area contributed by atoms with Crippen LogP contribution in [0, 0.1) is 19.8 Å². The number of anilines is 2. The fraction of sp³-hybridized carbons (Fsp3) is 0.412. The van der Waals surface area contributed by atoms with E-state index in [1.165, 1.54) is 6.26 Å². The van der Waals surface area contributed by atoms with E-state index in [0.29, 0.717) is 54.9 Å². The molecule has 0 aliphatic carbocycles. The number of piperidine rings is 1. The second kappa shape index (κ2) is 7.14. The summed E-state index contributed by atoms with van der Waals surface area (Å²) >= 11 is 0. The van der Waals surface area contributed by atoms with Crippen LogP contribution in [0.15, 0.2) is 27.6 Å². The van der Waals surface area contributed by atoms with Gasteiger partial charge < -0.3 is 19.3 Å². The monoisotopic (exact) mass is 369 g/mol. The predicted octanol–water partition coefficient (Wildman–Crippen LogP) is 1.99. The Labute approximate surface area is 155 Å². The number of aryl methyl sites for hydroxylation is 2. The highest BCUT2D eigenvalue weighted by molar-refractivity contribution is 5.91. The Bertz CT molecular complexity index is 930. The molecule has 10 nitrogen and oxygen atoms in total. The molecule has 1 aliphatic heterocycles. The van der Waals surface area contributed by atoms with Gasteiger partial charge in [0.1, 0.15) is 23.5 Å². The summed E-state index contributed by atoms with van der Waals surface area (Å²) in [6, 6.07) is 1.62. The molecule has 0 spiro atoms. The molecule has 0 unspecified atom stereocenters. The van der Waals surface area contributed by atoms with Crippen molar-refractivity contribution in [1.82, 2.24) is 25.3 Å². The molecule has 1 saturated heterocycles. The van der Waals surface area contributed by atoms with Crippen molar-refractivity contribution in [1.29, 1.82) is 0 Å². The minimum atomic E-state index is -0.0880. The largest absolute Gasteiger partial charge is 0.363 e. The van der Waals surface area contributed by atoms with Crippen molar-refractivity contribution in [2.75, 3.05) is 23.3 Å². The lowest BCUT2D eigenvalue weighted by Gasteiger charge is -2.32. The van der Waals surface area contributed by atoms with E-state index in [9.17, 15) is 4.79 Å². The first-order valence-electron chi connectivity index (χ1n) is 8.70. The predicted molar refractivity (Wildman–Crippen MR) is 94.9 cm³/mol. The van der Waals surface area contributed by atoms with Crippen LogP contribution in [-0.4, -0.2) is 44.3 Å². The first-order valence-corrected chi connectivity index (χ1v) is 8.70. The Balaban J connectivity index is 1.48. The molecule has 4 rings (SSSR count). The van der Waals surface area contributed by atoms with Crippen LogP contribution in [0.1, 0.15) is 24.5 Å². The maximum atomic E-state index is 12.4. The quantitative estimate of drug-likeness (QED) is 0.735. The second-order valence-electron chi connectivity index (χ2n) is 6.44. The van der Waals surface area contributed by atoms with E-state index in [1.807, 2.05) is 6.92 Å². The molecule has 3 aromatic rings. The van der Waals surface area contributed by atoms with Gasteiger partial charge in [0.25, 0.3) is 5.89 Å². The van der Waals surface area contributed by atoms with Crippen LogP contribution in [0.25, 0.3) is 11.5 Å². The number of carbonyl (C=O) groups excluding carboxylic acids is 1. The van der Waals surface area contributed by atoms with E-state index < -0.39 is 0 Å². The van der Waals surface area contributed by atoms with Crippen molar-refractivity contribution < 1.29 is 13.8 Å². The van der Waals surface area contributed by atoms with E-state index in [1.54, 1.807) is 19.2 Å². The molecule has 0 saturated carbocycles. The first-order chi connectivity index (χ1) is 13.1. The van der Waals surface area contributed by atoms with Gasteiger partial charge in [-0.1, -0.05) is 10.3 Å². The molecule has 1 N–H and O–H groups in total. The smallest absolute Gasteiger partial charge is 0.263 e. The molecule has 0 radical (unpaired) electrons. The van der Waals surface area contributed by atoms with Crippen molar-refractivity contribution in [3.05, 3.63) is 30.2 Å². The summed E-state index contributed by atoms with van der Waals surface area (Å²) in [6.45, 7) is 4.98. The van der Waals surface area contributed by atoms with Gasteiger partial charge in [-0.2, -0.15) is 4.98 Å². The number of hydrogen-bond donors (Lipinski definition) is 1. The number of carbonyl (C=O) groups is 1. The lowest BCUT2D eigenvalue weighted by Crippen LogP contribution is -2.39. The first kappa shape index (κ1) is 17.1. The van der Waals surface area contributed by atoms with Gasteiger partial charge in [0, 0.05) is 31.3 Å². The van der Waals surface area contributed by atoms with Crippen molar-refractivity contribution in [2.45, 2.75) is 26.7 Å². The lowest BCUT2D eigenvalue weighted by atomic mass is 9.95. The lowest BCUT2D eigenvalue weighted by molar-refractivity contribution is -0.120. The topological polar surface area (TPSA) is 123 Å². The molecule has 27 heavy (non-hydrogen) atoms. The number of hydrogen-bond acceptors (Lipinski definition) is 9. The third-order valence-electron chi connectivity index (χ3n) is 4.50. The summed E-state index contributed by atoms with van der Waals surface area (Å²) in [5.41, 5.74) is 0.701. The van der Waals surface area contributed by atoms with Gasteiger partial charge in [-0.25, -0.2) is 9.97 Å². The summed E-state index contributed by atoms with van der Waals surface area (Å²) in [5.74, 6) is 2.67. The molecule has 4 heterocycles. The van der Waals surface area contributed by atoms with E-state index >= 15 is 0 Å². The average molecular weight is 369 g/mol. The summed E-state index contributed by atoms with van der Waals surface area (Å²) in [5, 5.41) is 10.3. The Morgan fingerprint density at radius 3 is 2.67 bits per heavy atom. The number of amides is 1. The highest BCUT2D eigenvalue weighted by Crippen LogP contribution is 2.30. The molecule has 140 valence electrons. The van der Waals surface area contributed by atoms with Crippen LogP contribution < -0.4 is 10.2 Å². The normalized spacial score (nSPS) is 15.1. The van der Waals surface area contributed by atoms with Crippen LogP contribution in [-0.2, 0) is 4.79 Å². The van der Waals surface area contributed by atoms with Crippen molar-refractivity contribution in [3.8, 4) is 11.5 Å². The van der Waals surface area contributed by atoms with Gasteiger partial charge in [0.2, 0.25) is 5.91 Å². The molecule has 0 atom stereocenters. The second-order valence-corrected chi connectivity index (χ2v) is 6.44. The van der Waals surface area contributed by atoms with Crippen molar-refractivity contribution >= 4 is 17.5 Å². The van der Waals surface area contributed by atoms with Gasteiger partial charge in [0.05, 0.1) is 0 Å². The number of nitrogens with zero attached hydrogens (tertiary/aromatic N) is 6. The van der Waals surface area contributed by atoms with Crippen molar-refractivity contribution in [3.63, 3.8) is 0 Å². The summed E-state index contributed by atoms with van der Waals surface area (Å²) in [6.07, 6.45) is 4.54. The minimum absolute atomic E-state index is 0.0461. The Morgan fingerprint density at radius 1 is 1.19 bits per heavy atom. The van der Waals surface area contributed by atoms with Gasteiger partial charge in [-0.05, 0) is 26.7 Å². The standard InChI is InChI=1S/C17H19N7O3/c1-10-18-9-13(17-20-11(2)22-27-17)15(19-10)24-6-3-12(4-7-24)16(25)21-14-5-8-26-23-14/h5,8-9,12H,3-4,6-7H2,1-2H3,(H,21,23,25). The van der Waals surface area contributed by atoms with Gasteiger partial charge in [-0.3, -0.25) is 4.79 Å². The van der Waals surface area contributed by atoms with E-state index in [2.05, 4.69) is 35.5 Å². The van der Waals surface area contributed by atoms with E-state index in [-0.39, 0.29) is 11.8 Å². The van der Waals surface area contributed by atoms with Gasteiger partial charge in [0.15, 0.2) is 11.6 Å². The van der Waals surface area contributed by atoms with E-state index in [0.717, 1.165) is 5.82 Å². The molecule has 3 aromatic heterocycles. The van der Waals surface area contributed by atoms with Gasteiger partial charge >= 0.3 is 0 Å².